The van der Waals surface area contributed by atoms with E-state index in [1.165, 1.54) is 0 Å². The van der Waals surface area contributed by atoms with Crippen molar-refractivity contribution < 1.29 is 14.2 Å². The van der Waals surface area contributed by atoms with Gasteiger partial charge in [0.05, 0.1) is 19.9 Å². The molecule has 34 heavy (non-hydrogen) atoms. The van der Waals surface area contributed by atoms with Crippen molar-refractivity contribution in [1.29, 1.82) is 0 Å². The Bertz CT molecular complexity index is 1410. The van der Waals surface area contributed by atoms with Crippen molar-refractivity contribution in [3.05, 3.63) is 100 Å². The monoisotopic (exact) mass is 472 g/mol. The number of aromatic nitrogens is 3. The highest BCUT2D eigenvalue weighted by molar-refractivity contribution is 6.30. The number of benzene rings is 3. The molecular weight excluding hydrogens is 452 g/mol. The molecule has 1 aromatic heterocycles. The van der Waals surface area contributed by atoms with Crippen molar-refractivity contribution >= 4 is 23.2 Å². The minimum atomic E-state index is -0.395. The van der Waals surface area contributed by atoms with Gasteiger partial charge in [0.1, 0.15) is 35.7 Å². The normalized spacial score (nSPS) is 18.2. The van der Waals surface area contributed by atoms with Gasteiger partial charge in [0.15, 0.2) is 0 Å². The van der Waals surface area contributed by atoms with Gasteiger partial charge in [-0.25, -0.2) is 4.68 Å². The van der Waals surface area contributed by atoms with E-state index in [4.69, 9.17) is 25.8 Å². The van der Waals surface area contributed by atoms with Crippen LogP contribution in [-0.2, 0) is 0 Å². The summed E-state index contributed by atoms with van der Waals surface area (Å²) in [5.74, 6) is 2.87. The third kappa shape index (κ3) is 3.20. The Kier molecular flexibility index (Phi) is 4.92. The molecule has 8 heteroatoms. The van der Waals surface area contributed by atoms with Crippen LogP contribution in [0.25, 0.3) is 5.70 Å². The number of hydrogen-bond acceptors (Lipinski definition) is 6. The highest BCUT2D eigenvalue weighted by Gasteiger charge is 2.42. The number of nitrogens with zero attached hydrogens (tertiary/aromatic N) is 3. The summed E-state index contributed by atoms with van der Waals surface area (Å²) in [4.78, 5) is 4.48. The molecular formula is C26H21ClN4O3. The van der Waals surface area contributed by atoms with Crippen molar-refractivity contribution in [2.24, 2.45) is 0 Å². The minimum Gasteiger partial charge on any atom is -0.497 e. The van der Waals surface area contributed by atoms with Crippen LogP contribution in [0.5, 0.6) is 17.2 Å². The molecule has 2 aliphatic heterocycles. The van der Waals surface area contributed by atoms with Gasteiger partial charge in [0, 0.05) is 21.7 Å². The number of ether oxygens (including phenoxy) is 3. The van der Waals surface area contributed by atoms with E-state index in [2.05, 4.69) is 15.4 Å². The van der Waals surface area contributed by atoms with Gasteiger partial charge in [0.2, 0.25) is 5.95 Å². The molecule has 0 fully saturated rings. The van der Waals surface area contributed by atoms with Gasteiger partial charge in [-0.3, -0.25) is 0 Å². The average Bonchev–Trinajstić information content (AvgIpc) is 3.35. The van der Waals surface area contributed by atoms with Crippen molar-refractivity contribution in [2.75, 3.05) is 19.5 Å². The van der Waals surface area contributed by atoms with Crippen molar-refractivity contribution in [1.82, 2.24) is 14.8 Å². The molecule has 3 aromatic carbocycles. The zero-order valence-electron chi connectivity index (χ0n) is 18.5. The third-order valence-corrected chi connectivity index (χ3v) is 6.48. The van der Waals surface area contributed by atoms with Gasteiger partial charge in [-0.1, -0.05) is 35.9 Å². The Balaban J connectivity index is 1.65. The van der Waals surface area contributed by atoms with Crippen LogP contribution in [-0.4, -0.2) is 29.0 Å². The Morgan fingerprint density at radius 1 is 1.00 bits per heavy atom. The Morgan fingerprint density at radius 2 is 1.82 bits per heavy atom. The van der Waals surface area contributed by atoms with Crippen LogP contribution in [0.2, 0.25) is 5.02 Å². The summed E-state index contributed by atoms with van der Waals surface area (Å²) in [7, 11) is 3.31. The molecule has 0 radical (unpaired) electrons. The molecule has 6 rings (SSSR count). The Labute approximate surface area is 201 Å². The third-order valence-electron chi connectivity index (χ3n) is 6.23. The number of nitrogens with one attached hydrogen (secondary N) is 1. The van der Waals surface area contributed by atoms with Gasteiger partial charge < -0.3 is 19.5 Å². The molecule has 170 valence electrons. The topological polar surface area (TPSA) is 70.4 Å². The second-order valence-corrected chi connectivity index (χ2v) is 8.48. The first-order valence-electron chi connectivity index (χ1n) is 10.8. The van der Waals surface area contributed by atoms with E-state index in [0.717, 1.165) is 45.2 Å². The van der Waals surface area contributed by atoms with E-state index in [0.29, 0.717) is 11.0 Å². The fraction of sp³-hybridized carbons (Fsp3) is 0.154. The van der Waals surface area contributed by atoms with Gasteiger partial charge in [-0.15, -0.1) is 0 Å². The first-order valence-corrected chi connectivity index (χ1v) is 11.2. The average molecular weight is 473 g/mol. The predicted molar refractivity (Wildman–Crippen MR) is 130 cm³/mol. The molecule has 0 saturated heterocycles. The molecule has 4 aromatic rings. The van der Waals surface area contributed by atoms with Crippen LogP contribution < -0.4 is 19.5 Å². The smallest absolute Gasteiger partial charge is 0.226 e. The van der Waals surface area contributed by atoms with Gasteiger partial charge >= 0.3 is 0 Å². The molecule has 0 aliphatic carbocycles. The Morgan fingerprint density at radius 3 is 2.62 bits per heavy atom. The quantitative estimate of drug-likeness (QED) is 0.422. The van der Waals surface area contributed by atoms with E-state index >= 15 is 0 Å². The second-order valence-electron chi connectivity index (χ2n) is 8.04. The predicted octanol–water partition coefficient (Wildman–Crippen LogP) is 5.51. The zero-order chi connectivity index (χ0) is 23.2. The van der Waals surface area contributed by atoms with Crippen molar-refractivity contribution in [2.45, 2.75) is 12.1 Å². The van der Waals surface area contributed by atoms with Gasteiger partial charge in [0.25, 0.3) is 0 Å². The van der Waals surface area contributed by atoms with Crippen LogP contribution in [0.4, 0.5) is 5.95 Å². The lowest BCUT2D eigenvalue weighted by molar-refractivity contribution is 0.222. The molecule has 1 N–H and O–H groups in total. The molecule has 2 atom stereocenters. The minimum absolute atomic E-state index is 0.354. The summed E-state index contributed by atoms with van der Waals surface area (Å²) < 4.78 is 19.8. The number of rotatable bonds is 4. The maximum absolute atomic E-state index is 6.63. The second kappa shape index (κ2) is 8.11. The number of fused-ring (bicyclic) bond motifs is 3. The molecule has 0 amide bonds. The zero-order valence-corrected chi connectivity index (χ0v) is 19.3. The van der Waals surface area contributed by atoms with Crippen LogP contribution in [0.3, 0.4) is 0 Å². The van der Waals surface area contributed by atoms with Crippen molar-refractivity contribution in [3.63, 3.8) is 0 Å². The van der Waals surface area contributed by atoms with E-state index in [1.807, 2.05) is 71.4 Å². The maximum atomic E-state index is 6.63. The largest absolute Gasteiger partial charge is 0.497 e. The summed E-state index contributed by atoms with van der Waals surface area (Å²) in [6.45, 7) is 0. The molecule has 0 spiro atoms. The number of anilines is 1. The summed E-state index contributed by atoms with van der Waals surface area (Å²) in [5.41, 5.74) is 4.76. The summed E-state index contributed by atoms with van der Waals surface area (Å²) in [6.07, 6.45) is 1.15. The van der Waals surface area contributed by atoms with Gasteiger partial charge in [-0.05, 0) is 48.0 Å². The van der Waals surface area contributed by atoms with E-state index in [9.17, 15) is 0 Å². The SMILES string of the molecule is COc1ccc(OC)c([C@H]2C3=C(Nc4ncnn42)c2ccccc2O[C@@H]3c2ccc(Cl)cc2)c1. The first-order chi connectivity index (χ1) is 16.7. The number of halogens is 1. The highest BCUT2D eigenvalue weighted by Crippen LogP contribution is 2.52. The molecule has 2 aliphatic rings. The van der Waals surface area contributed by atoms with Crippen LogP contribution >= 0.6 is 11.6 Å². The first kappa shape index (κ1) is 20.6. The summed E-state index contributed by atoms with van der Waals surface area (Å²) >= 11 is 6.20. The summed E-state index contributed by atoms with van der Waals surface area (Å²) in [6, 6.07) is 21.1. The number of methoxy groups -OCH3 is 2. The Hall–Kier alpha value is -3.97. The van der Waals surface area contributed by atoms with Crippen molar-refractivity contribution in [3.8, 4) is 17.2 Å². The van der Waals surface area contributed by atoms with Crippen LogP contribution in [0.15, 0.2) is 78.6 Å². The molecule has 0 unspecified atom stereocenters. The number of para-hydroxylation sites is 1. The maximum Gasteiger partial charge on any atom is 0.226 e. The summed E-state index contributed by atoms with van der Waals surface area (Å²) in [5, 5.41) is 8.74. The fourth-order valence-corrected chi connectivity index (χ4v) is 4.81. The highest BCUT2D eigenvalue weighted by atomic mass is 35.5. The lowest BCUT2D eigenvalue weighted by Crippen LogP contribution is -2.32. The van der Waals surface area contributed by atoms with E-state index in [1.54, 1.807) is 20.5 Å². The standard InChI is InChI=1S/C26H21ClN4O3/c1-32-17-11-12-20(33-2)19(13-17)24-22-23(30-26-28-14-29-31(24)26)18-5-3-4-6-21(18)34-25(22)15-7-9-16(27)10-8-15/h3-14,24-25H,1-2H3,(H,28,29,30)/t24-,25+/m0/s1. The lowest BCUT2D eigenvalue weighted by atomic mass is 9.84. The molecule has 7 nitrogen and oxygen atoms in total. The molecule has 0 saturated carbocycles. The lowest BCUT2D eigenvalue weighted by Gasteiger charge is -2.39. The van der Waals surface area contributed by atoms with E-state index < -0.39 is 6.10 Å². The van der Waals surface area contributed by atoms with E-state index in [-0.39, 0.29) is 6.04 Å². The van der Waals surface area contributed by atoms with Crippen LogP contribution in [0, 0.1) is 0 Å². The fourth-order valence-electron chi connectivity index (χ4n) is 4.68. The van der Waals surface area contributed by atoms with Gasteiger partial charge in [-0.2, -0.15) is 10.1 Å². The molecule has 3 heterocycles. The molecule has 0 bridgehead atoms. The number of hydrogen-bond donors (Lipinski definition) is 1. The van der Waals surface area contributed by atoms with Crippen LogP contribution in [0.1, 0.15) is 28.8 Å².